The Bertz CT molecular complexity index is 5390. The van der Waals surface area contributed by atoms with Crippen molar-refractivity contribution in [3.8, 4) is 0 Å². The average molecular weight is 1890 g/mol. The van der Waals surface area contributed by atoms with Gasteiger partial charge in [-0.15, -0.1) is 0 Å². The minimum Gasteiger partial charge on any atom is -0.481 e. The number of carboxylic acids is 4. The number of carboxylic acid groups (broad SMARTS) is 4. The topological polar surface area (TPSA) is 390 Å². The molecule has 0 unspecified atom stereocenters. The van der Waals surface area contributed by atoms with Crippen LogP contribution in [-0.2, 0) is 67.5 Å². The molecular weight excluding hydrogens is 1810 g/mol. The third-order valence-corrected chi connectivity index (χ3v) is 15.5. The Hall–Kier alpha value is -14.9. The van der Waals surface area contributed by atoms with Gasteiger partial charge in [0.2, 0.25) is 0 Å². The van der Waals surface area contributed by atoms with E-state index in [-0.39, 0.29) is 59.7 Å². The van der Waals surface area contributed by atoms with E-state index in [9.17, 15) is 77.9 Å². The maximum Gasteiger partial charge on any atom is 0.416 e. The van der Waals surface area contributed by atoms with E-state index in [2.05, 4.69) is 62.6 Å². The molecule has 0 aliphatic carbocycles. The maximum atomic E-state index is 13.1. The summed E-state index contributed by atoms with van der Waals surface area (Å²) >= 11 is 3.19. The quantitative estimate of drug-likeness (QED) is 0.0146. The molecule has 11 rings (SSSR count). The number of anilines is 3. The summed E-state index contributed by atoms with van der Waals surface area (Å²) in [4.78, 5) is 127. The third kappa shape index (κ3) is 39.5. The van der Waals surface area contributed by atoms with Crippen LogP contribution >= 0.6 is 15.9 Å². The molecule has 11 aromatic rings. The summed E-state index contributed by atoms with van der Waals surface area (Å²) in [7, 11) is 5.14. The van der Waals surface area contributed by atoms with Crippen LogP contribution in [0.5, 0.6) is 0 Å². The van der Waals surface area contributed by atoms with Gasteiger partial charge in [-0.05, 0) is 215 Å². The maximum absolute atomic E-state index is 13.1. The molecule has 25 nitrogen and oxygen atoms in total. The molecule has 0 aliphatic rings. The van der Waals surface area contributed by atoms with Crippen molar-refractivity contribution >= 4 is 135 Å². The molecule has 7 aromatic carbocycles. The molecule has 4 aromatic heterocycles. The first-order valence-corrected chi connectivity index (χ1v) is 36.0. The minimum atomic E-state index is -4.62. The van der Waals surface area contributed by atoms with E-state index in [1.54, 1.807) is 135 Å². The molecule has 654 valence electrons. The fraction of sp³-hybridized carbons (Fsp3) is 0.101. The Labute approximate surface area is 730 Å². The van der Waals surface area contributed by atoms with Gasteiger partial charge in [0.1, 0.15) is 0 Å². The number of carbonyl (C=O) groups is 10. The molecule has 0 fully saturated rings. The number of nitrogens with one attached hydrogen (secondary N) is 2. The normalized spacial score (nSPS) is 10.4. The van der Waals surface area contributed by atoms with Crippen molar-refractivity contribution in [3.63, 3.8) is 0 Å². The fourth-order valence-corrected chi connectivity index (χ4v) is 9.95. The number of hydrogen-bond donors (Lipinski definition) is 7. The van der Waals surface area contributed by atoms with Gasteiger partial charge in [-0.2, -0.15) is 39.5 Å². The number of nitrogen functional groups attached to an aromatic ring is 1. The van der Waals surface area contributed by atoms with E-state index in [1.807, 2.05) is 30.3 Å². The zero-order chi connectivity index (χ0) is 92.3. The summed E-state index contributed by atoms with van der Waals surface area (Å²) in [6, 6.07) is 44.5. The molecule has 0 saturated heterocycles. The number of hydrogen-bond acceptors (Lipinski definition) is 19. The van der Waals surface area contributed by atoms with Crippen molar-refractivity contribution in [2.75, 3.05) is 44.8 Å². The van der Waals surface area contributed by atoms with Crippen LogP contribution in [-0.4, -0.2) is 128 Å². The van der Waals surface area contributed by atoms with Crippen molar-refractivity contribution in [2.45, 2.75) is 32.4 Å². The Balaban J connectivity index is 0.000000406. The summed E-state index contributed by atoms with van der Waals surface area (Å²) in [5.41, 5.74) is 8.65. The second-order valence-corrected chi connectivity index (χ2v) is 25.3. The number of halogens is 10. The first-order valence-electron chi connectivity index (χ1n) is 35.2. The van der Waals surface area contributed by atoms with Gasteiger partial charge in [0.05, 0.1) is 78.5 Å². The minimum absolute atomic E-state index is 0. The van der Waals surface area contributed by atoms with E-state index in [1.165, 1.54) is 95.2 Å². The van der Waals surface area contributed by atoms with Gasteiger partial charge < -0.3 is 55.7 Å². The van der Waals surface area contributed by atoms with E-state index in [0.29, 0.717) is 43.4 Å². The third-order valence-electron chi connectivity index (χ3n) is 15.0. The average Bonchev–Trinajstić information content (AvgIpc) is 0.819. The number of ether oxygens (including phenoxy) is 4. The Morgan fingerprint density at radius 1 is 0.352 bits per heavy atom. The van der Waals surface area contributed by atoms with Crippen LogP contribution in [0.3, 0.4) is 0 Å². The van der Waals surface area contributed by atoms with E-state index in [4.69, 9.17) is 45.2 Å². The van der Waals surface area contributed by atoms with Gasteiger partial charge in [0, 0.05) is 117 Å². The van der Waals surface area contributed by atoms with Crippen LogP contribution in [0.15, 0.2) is 255 Å². The smallest absolute Gasteiger partial charge is 0.416 e. The molecule has 0 aliphatic heterocycles. The van der Waals surface area contributed by atoms with Crippen molar-refractivity contribution < 1.29 is 147 Å². The van der Waals surface area contributed by atoms with Crippen molar-refractivity contribution in [1.29, 1.82) is 0 Å². The summed E-state index contributed by atoms with van der Waals surface area (Å²) in [6.07, 6.45) is 11.9. The summed E-state index contributed by atoms with van der Waals surface area (Å²) in [5, 5.41) is 37.6. The molecule has 2 amide bonds. The van der Waals surface area contributed by atoms with Crippen LogP contribution in [0.2, 0.25) is 0 Å². The fourth-order valence-electron chi connectivity index (χ4n) is 9.45. The number of nitrogens with two attached hydrogens (primary N) is 1. The first kappa shape index (κ1) is 104. The molecule has 0 atom stereocenters. The van der Waals surface area contributed by atoms with Crippen molar-refractivity contribution in [2.24, 2.45) is 0 Å². The van der Waals surface area contributed by atoms with Crippen molar-refractivity contribution in [1.82, 2.24) is 19.9 Å². The van der Waals surface area contributed by atoms with Gasteiger partial charge >= 0.3 is 54.3 Å². The molecule has 125 heavy (non-hydrogen) atoms. The van der Waals surface area contributed by atoms with Crippen LogP contribution in [0.1, 0.15) is 152 Å². The number of benzene rings is 7. The van der Waals surface area contributed by atoms with Crippen molar-refractivity contribution in [3.05, 3.63) is 355 Å². The first-order chi connectivity index (χ1) is 58.5. The van der Waals surface area contributed by atoms with Gasteiger partial charge in [-0.1, -0.05) is 83.2 Å². The number of nitrogens with zero attached hydrogens (tertiary/aromatic N) is 4. The number of carbonyl (C=O) groups excluding carboxylic acids is 6. The predicted molar refractivity (Wildman–Crippen MR) is 448 cm³/mol. The standard InChI is InChI=1S/C29H19F6N3O2.C17H15NO4.C15H11NO4.C10H9BrO4.C7H6F3N.C7H7N.2C2H4O2.Pd/c30-28(31,32)22-3-1-5-24(16-22)37-26(39)20-13-19(8-7-18-9-11-36-12-10-18)14-21(15-20)27(40)38-25-6-2-4-23(17-25)29(33,34)35;1-21-16(19)14-9-13(10-15(11-14)17(20)22-2)4-3-12-5-7-18-8-6-12;17-14(18)12-7-11(8-13(9-12)15(19)20)2-1-10-3-5-16-6-4-10;1-14-9(12)6-3-7(10(13)15-2)5-8(11)4-6;8-7(9,10)5-2-1-3-6(11)4-5;1-2-7-3-5-8-6-4-7;2*1-2(3)4;/h1-17H,(H,37,39)(H,38,40);3-11H,1-2H3;1-9H,(H,17,18)(H,19,20);3-5H,1-2H3;1-4H,11H2;2-6H,1H2;2*1H3,(H,3,4);/b8-7+;4-3+;2-1+;;;;;;. The zero-order valence-corrected chi connectivity index (χ0v) is 69.4. The molecule has 36 heteroatoms. The molecule has 4 heterocycles. The van der Waals surface area contributed by atoms with Gasteiger partial charge in [-0.25, -0.2) is 28.8 Å². The molecule has 0 saturated carbocycles. The van der Waals surface area contributed by atoms with Crippen LogP contribution in [0.25, 0.3) is 42.5 Å². The summed E-state index contributed by atoms with van der Waals surface area (Å²) in [5.74, 6) is -7.60. The number of methoxy groups -OCH3 is 4. The number of esters is 4. The zero-order valence-electron chi connectivity index (χ0n) is 66.3. The van der Waals surface area contributed by atoms with E-state index in [0.717, 1.165) is 90.7 Å². The number of rotatable bonds is 17. The number of pyridine rings is 4. The molecule has 0 bridgehead atoms. The van der Waals surface area contributed by atoms with Gasteiger partial charge in [0.15, 0.2) is 0 Å². The second kappa shape index (κ2) is 52.3. The molecule has 8 N–H and O–H groups in total. The van der Waals surface area contributed by atoms with E-state index >= 15 is 0 Å². The van der Waals surface area contributed by atoms with E-state index < -0.39 is 94.8 Å². The SMILES string of the molecule is C=Cc1ccncc1.CC(=O)O.CC(=O)O.COC(=O)c1cc(/C=C/c2ccncc2)cc(C(=O)OC)c1.COC(=O)c1cc(Br)cc(C(=O)OC)c1.Nc1cccc(C(F)(F)F)c1.O=C(Nc1cccc(C(F)(F)F)c1)c1cc(/C=C/c2ccncc2)cc(C(=O)Nc2cccc(C(F)(F)F)c2)c1.O=C(O)c1cc(/C=C/c2ccncc2)cc(C(=O)O)c1.[Pd]. The number of aromatic carboxylic acids is 2. The summed E-state index contributed by atoms with van der Waals surface area (Å²) < 4.78 is 133. The van der Waals surface area contributed by atoms with Crippen LogP contribution in [0.4, 0.5) is 56.6 Å². The molecule has 0 spiro atoms. The van der Waals surface area contributed by atoms with Crippen LogP contribution in [0, 0.1) is 0 Å². The van der Waals surface area contributed by atoms with Crippen LogP contribution < -0.4 is 16.4 Å². The number of aliphatic carboxylic acids is 2. The Morgan fingerprint density at radius 2 is 0.592 bits per heavy atom. The molecular formula is C89H75BrF9N7O18Pd. The Kier molecular flexibility index (Phi) is 43.7. The monoisotopic (exact) mass is 1890 g/mol. The van der Waals surface area contributed by atoms with Gasteiger partial charge in [-0.3, -0.25) is 39.1 Å². The Morgan fingerprint density at radius 3 is 0.848 bits per heavy atom. The largest absolute Gasteiger partial charge is 0.481 e. The number of amides is 2. The number of aromatic nitrogens is 4. The second-order valence-electron chi connectivity index (χ2n) is 24.4. The van der Waals surface area contributed by atoms with Gasteiger partial charge in [0.25, 0.3) is 23.8 Å². The predicted octanol–water partition coefficient (Wildman–Crippen LogP) is 19.5. The number of alkyl halides is 9. The summed E-state index contributed by atoms with van der Waals surface area (Å²) in [6.45, 7) is 5.77. The molecule has 0 radical (unpaired) electrons.